The van der Waals surface area contributed by atoms with E-state index in [0.29, 0.717) is 29.9 Å². The number of aryl methyl sites for hydroxylation is 1. The second kappa shape index (κ2) is 13.5. The molecular weight excluding hydrogens is 578 g/mol. The van der Waals surface area contributed by atoms with Gasteiger partial charge in [-0.2, -0.15) is 4.98 Å². The number of hydrogen-bond donors (Lipinski definition) is 2. The highest BCUT2D eigenvalue weighted by atomic mass is 35.5. The molecule has 10 heteroatoms. The van der Waals surface area contributed by atoms with E-state index in [-0.39, 0.29) is 5.56 Å². The second-order valence-corrected chi connectivity index (χ2v) is 11.6. The number of carboxylic acid groups (broad SMARTS) is 1. The summed E-state index contributed by atoms with van der Waals surface area (Å²) in [6.45, 7) is 5.79. The standard InChI is InChI=1S/C34H36ClN5O4/c35-26-8-3-23(4-9-26)22-44-28-12-14-29-25(21-28)7-13-30-31(29)37-34(36)38-32(30)40-18-16-39(17-19-40)15-1-2-20-43-27-10-5-24(6-11-27)33(41)42/h3-6,8-12,14,21H,1-2,7,13,15-20,22H2,(H,41,42)(H2,36,37,38). The first-order valence-electron chi connectivity index (χ1n) is 15.0. The van der Waals surface area contributed by atoms with Crippen LogP contribution < -0.4 is 20.1 Å². The molecule has 1 aliphatic carbocycles. The van der Waals surface area contributed by atoms with Gasteiger partial charge in [-0.1, -0.05) is 23.7 Å². The number of fused-ring (bicyclic) bond motifs is 3. The molecule has 228 valence electrons. The number of ether oxygens (including phenoxy) is 2. The lowest BCUT2D eigenvalue weighted by Gasteiger charge is -2.37. The number of nitrogens with two attached hydrogens (primary N) is 1. The summed E-state index contributed by atoms with van der Waals surface area (Å²) in [5, 5.41) is 9.73. The fourth-order valence-corrected chi connectivity index (χ4v) is 5.94. The number of aromatic carboxylic acids is 1. The molecule has 1 aliphatic heterocycles. The van der Waals surface area contributed by atoms with Gasteiger partial charge < -0.3 is 25.2 Å². The molecule has 0 unspecified atom stereocenters. The van der Waals surface area contributed by atoms with Gasteiger partial charge in [0, 0.05) is 42.3 Å². The number of piperazine rings is 1. The van der Waals surface area contributed by atoms with E-state index in [1.54, 1.807) is 24.3 Å². The van der Waals surface area contributed by atoms with E-state index < -0.39 is 5.97 Å². The Balaban J connectivity index is 1.01. The van der Waals surface area contributed by atoms with Crippen molar-refractivity contribution in [1.29, 1.82) is 0 Å². The Hall–Kier alpha value is -4.34. The Morgan fingerprint density at radius 3 is 2.39 bits per heavy atom. The monoisotopic (exact) mass is 613 g/mol. The Kier molecular flexibility index (Phi) is 9.14. The highest BCUT2D eigenvalue weighted by Crippen LogP contribution is 2.38. The molecule has 0 atom stereocenters. The number of carboxylic acids is 1. The van der Waals surface area contributed by atoms with E-state index >= 15 is 0 Å². The predicted octanol–water partition coefficient (Wildman–Crippen LogP) is 5.74. The minimum Gasteiger partial charge on any atom is -0.494 e. The Bertz CT molecular complexity index is 1610. The van der Waals surface area contributed by atoms with E-state index in [4.69, 9.17) is 36.9 Å². The second-order valence-electron chi connectivity index (χ2n) is 11.2. The maximum Gasteiger partial charge on any atom is 0.335 e. The average Bonchev–Trinajstić information content (AvgIpc) is 3.04. The summed E-state index contributed by atoms with van der Waals surface area (Å²) in [6.07, 6.45) is 3.72. The normalized spacial score (nSPS) is 14.5. The predicted molar refractivity (Wildman–Crippen MR) is 172 cm³/mol. The van der Waals surface area contributed by atoms with Crippen LogP contribution in [0.3, 0.4) is 0 Å². The number of aromatic nitrogens is 2. The number of carbonyl (C=O) groups is 1. The molecule has 0 bridgehead atoms. The summed E-state index contributed by atoms with van der Waals surface area (Å²) in [4.78, 5) is 25.2. The number of nitrogen functional groups attached to an aromatic ring is 1. The Labute approximate surface area is 262 Å². The molecule has 44 heavy (non-hydrogen) atoms. The molecule has 2 heterocycles. The lowest BCUT2D eigenvalue weighted by Crippen LogP contribution is -2.47. The van der Waals surface area contributed by atoms with Crippen molar-refractivity contribution in [2.45, 2.75) is 32.3 Å². The number of nitrogens with zero attached hydrogens (tertiary/aromatic N) is 4. The maximum atomic E-state index is 11.0. The van der Waals surface area contributed by atoms with Crippen molar-refractivity contribution < 1.29 is 19.4 Å². The van der Waals surface area contributed by atoms with Gasteiger partial charge in [0.1, 0.15) is 23.9 Å². The van der Waals surface area contributed by atoms with Crippen LogP contribution in [0.4, 0.5) is 11.8 Å². The number of benzene rings is 3. The summed E-state index contributed by atoms with van der Waals surface area (Å²) in [6, 6.07) is 20.4. The largest absolute Gasteiger partial charge is 0.494 e. The molecule has 3 N–H and O–H groups in total. The van der Waals surface area contributed by atoms with Gasteiger partial charge in [-0.3, -0.25) is 4.90 Å². The lowest BCUT2D eigenvalue weighted by atomic mass is 9.88. The average molecular weight is 614 g/mol. The van der Waals surface area contributed by atoms with Crippen LogP contribution in [-0.4, -0.2) is 65.3 Å². The first-order chi connectivity index (χ1) is 21.4. The number of hydrogen-bond acceptors (Lipinski definition) is 8. The van der Waals surface area contributed by atoms with Crippen molar-refractivity contribution >= 4 is 29.3 Å². The molecule has 6 rings (SSSR count). The summed E-state index contributed by atoms with van der Waals surface area (Å²) < 4.78 is 11.9. The number of unbranched alkanes of at least 4 members (excludes halogenated alkanes) is 1. The van der Waals surface area contributed by atoms with E-state index in [1.165, 1.54) is 11.1 Å². The summed E-state index contributed by atoms with van der Waals surface area (Å²) in [5.74, 6) is 1.86. The number of halogens is 1. The third-order valence-electron chi connectivity index (χ3n) is 8.21. The first kappa shape index (κ1) is 29.7. The van der Waals surface area contributed by atoms with Gasteiger partial charge in [0.05, 0.1) is 17.9 Å². The van der Waals surface area contributed by atoms with Gasteiger partial charge in [-0.15, -0.1) is 0 Å². The smallest absolute Gasteiger partial charge is 0.335 e. The maximum absolute atomic E-state index is 11.0. The molecule has 2 aliphatic rings. The van der Waals surface area contributed by atoms with E-state index in [2.05, 4.69) is 26.9 Å². The highest BCUT2D eigenvalue weighted by molar-refractivity contribution is 6.30. The van der Waals surface area contributed by atoms with Crippen LogP contribution in [0.1, 0.15) is 39.9 Å². The molecule has 0 spiro atoms. The van der Waals surface area contributed by atoms with Crippen molar-refractivity contribution in [1.82, 2.24) is 14.9 Å². The van der Waals surface area contributed by atoms with Crippen LogP contribution in [0, 0.1) is 0 Å². The molecule has 1 fully saturated rings. The summed E-state index contributed by atoms with van der Waals surface area (Å²) in [5.41, 5.74) is 12.0. The fourth-order valence-electron chi connectivity index (χ4n) is 5.81. The van der Waals surface area contributed by atoms with Crippen LogP contribution in [0.2, 0.25) is 5.02 Å². The van der Waals surface area contributed by atoms with Crippen molar-refractivity contribution in [3.63, 3.8) is 0 Å². The Morgan fingerprint density at radius 2 is 1.64 bits per heavy atom. The third-order valence-corrected chi connectivity index (χ3v) is 8.46. The van der Waals surface area contributed by atoms with Gasteiger partial charge in [0.2, 0.25) is 5.95 Å². The molecular formula is C34H36ClN5O4. The van der Waals surface area contributed by atoms with Gasteiger partial charge in [-0.25, -0.2) is 9.78 Å². The molecule has 1 aromatic heterocycles. The molecule has 1 saturated heterocycles. The molecule has 0 amide bonds. The minimum atomic E-state index is -0.934. The van der Waals surface area contributed by atoms with Crippen LogP contribution in [0.15, 0.2) is 66.7 Å². The minimum absolute atomic E-state index is 0.261. The van der Waals surface area contributed by atoms with Crippen molar-refractivity contribution in [2.24, 2.45) is 0 Å². The highest BCUT2D eigenvalue weighted by Gasteiger charge is 2.27. The van der Waals surface area contributed by atoms with Crippen molar-refractivity contribution in [3.05, 3.63) is 94.0 Å². The van der Waals surface area contributed by atoms with E-state index in [0.717, 1.165) is 86.8 Å². The SMILES string of the molecule is Nc1nc2c(c(N3CCN(CCCCOc4ccc(C(=O)O)cc4)CC3)n1)CCc1cc(OCc3ccc(Cl)cc3)ccc1-2. The van der Waals surface area contributed by atoms with E-state index in [1.807, 2.05) is 30.3 Å². The number of anilines is 2. The molecule has 3 aromatic carbocycles. The van der Waals surface area contributed by atoms with Crippen molar-refractivity contribution in [2.75, 3.05) is 50.0 Å². The molecule has 0 radical (unpaired) electrons. The van der Waals surface area contributed by atoms with Crippen LogP contribution in [0.25, 0.3) is 11.3 Å². The quantitative estimate of drug-likeness (QED) is 0.205. The zero-order chi connectivity index (χ0) is 30.5. The molecule has 4 aromatic rings. The van der Waals surface area contributed by atoms with Gasteiger partial charge in [0.15, 0.2) is 0 Å². The van der Waals surface area contributed by atoms with Crippen LogP contribution >= 0.6 is 11.6 Å². The zero-order valence-corrected chi connectivity index (χ0v) is 25.3. The lowest BCUT2D eigenvalue weighted by molar-refractivity contribution is 0.0697. The van der Waals surface area contributed by atoms with Gasteiger partial charge in [0.25, 0.3) is 0 Å². The molecule has 0 saturated carbocycles. The summed E-state index contributed by atoms with van der Waals surface area (Å²) >= 11 is 6.00. The van der Waals surface area contributed by atoms with Gasteiger partial charge in [-0.05, 0) is 98.0 Å². The van der Waals surface area contributed by atoms with Crippen LogP contribution in [0.5, 0.6) is 11.5 Å². The van der Waals surface area contributed by atoms with Gasteiger partial charge >= 0.3 is 5.97 Å². The van der Waals surface area contributed by atoms with Crippen molar-refractivity contribution in [3.8, 4) is 22.8 Å². The van der Waals surface area contributed by atoms with E-state index in [9.17, 15) is 4.79 Å². The third kappa shape index (κ3) is 7.06. The number of rotatable bonds is 11. The topological polar surface area (TPSA) is 114 Å². The zero-order valence-electron chi connectivity index (χ0n) is 24.5. The van der Waals surface area contributed by atoms with Crippen LogP contribution in [-0.2, 0) is 19.4 Å². The summed E-state index contributed by atoms with van der Waals surface area (Å²) in [7, 11) is 0. The first-order valence-corrected chi connectivity index (χ1v) is 15.4. The Morgan fingerprint density at radius 1 is 0.886 bits per heavy atom. The molecule has 9 nitrogen and oxygen atoms in total. The fraction of sp³-hybridized carbons (Fsp3) is 0.324.